The van der Waals surface area contributed by atoms with Crippen molar-refractivity contribution in [3.05, 3.63) is 23.3 Å². The number of alkyl halides is 2. The minimum Gasteiger partial charge on any atom is -0.490 e. The number of halogens is 2. The van der Waals surface area contributed by atoms with Crippen LogP contribution in [0, 0.1) is 0 Å². The Kier molecular flexibility index (Phi) is 3.56. The SMILES string of the molecule is CC(F)(F)c1cc2c(cc1C1(CN)CCC1)OCCCO2. The fraction of sp³-hybridized carbons (Fsp3) is 0.625. The van der Waals surface area contributed by atoms with Gasteiger partial charge in [-0.25, -0.2) is 8.78 Å². The van der Waals surface area contributed by atoms with Crippen LogP contribution in [0.3, 0.4) is 0 Å². The maximum Gasteiger partial charge on any atom is 0.270 e. The van der Waals surface area contributed by atoms with E-state index in [-0.39, 0.29) is 11.0 Å². The molecule has 1 aliphatic heterocycles. The molecule has 0 spiro atoms. The zero-order valence-corrected chi connectivity index (χ0v) is 12.3. The molecular formula is C16H21F2NO2. The van der Waals surface area contributed by atoms with Crippen LogP contribution in [0.15, 0.2) is 12.1 Å². The summed E-state index contributed by atoms with van der Waals surface area (Å²) in [5.74, 6) is -1.94. The lowest BCUT2D eigenvalue weighted by Gasteiger charge is -2.43. The molecule has 0 amide bonds. The third-order valence-electron chi connectivity index (χ3n) is 4.63. The molecule has 3 nitrogen and oxygen atoms in total. The van der Waals surface area contributed by atoms with Gasteiger partial charge in [0.05, 0.1) is 13.2 Å². The summed E-state index contributed by atoms with van der Waals surface area (Å²) in [4.78, 5) is 0. The number of hydrogen-bond donors (Lipinski definition) is 1. The van der Waals surface area contributed by atoms with Crippen LogP contribution in [0.4, 0.5) is 8.78 Å². The van der Waals surface area contributed by atoms with E-state index >= 15 is 0 Å². The standard InChI is InChI=1S/C16H21F2NO2/c1-15(17,18)11-8-13-14(21-7-3-6-20-13)9-12(11)16(10-19)4-2-5-16/h8-9H,2-7,10,19H2,1H3. The van der Waals surface area contributed by atoms with E-state index in [0.29, 0.717) is 36.8 Å². The first-order valence-corrected chi connectivity index (χ1v) is 7.49. The Morgan fingerprint density at radius 1 is 1.14 bits per heavy atom. The van der Waals surface area contributed by atoms with E-state index in [9.17, 15) is 8.78 Å². The lowest BCUT2D eigenvalue weighted by Crippen LogP contribution is -2.43. The topological polar surface area (TPSA) is 44.5 Å². The van der Waals surface area contributed by atoms with Crippen molar-refractivity contribution in [1.29, 1.82) is 0 Å². The molecule has 0 aromatic heterocycles. The molecule has 1 fully saturated rings. The molecule has 1 saturated carbocycles. The third-order valence-corrected chi connectivity index (χ3v) is 4.63. The third kappa shape index (κ3) is 2.48. The summed E-state index contributed by atoms with van der Waals surface area (Å²) in [6.45, 7) is 2.35. The molecule has 2 N–H and O–H groups in total. The van der Waals surface area contributed by atoms with Gasteiger partial charge in [0.2, 0.25) is 0 Å². The smallest absolute Gasteiger partial charge is 0.270 e. The van der Waals surface area contributed by atoms with E-state index in [4.69, 9.17) is 15.2 Å². The van der Waals surface area contributed by atoms with Crippen LogP contribution in [0.5, 0.6) is 11.5 Å². The molecule has 1 aromatic carbocycles. The van der Waals surface area contributed by atoms with Crippen LogP contribution in [-0.2, 0) is 11.3 Å². The molecule has 1 aromatic rings. The first-order chi connectivity index (χ1) is 9.96. The lowest BCUT2D eigenvalue weighted by atomic mass is 9.63. The highest BCUT2D eigenvalue weighted by molar-refractivity contribution is 5.52. The maximum absolute atomic E-state index is 14.1. The van der Waals surface area contributed by atoms with Gasteiger partial charge in [-0.2, -0.15) is 0 Å². The van der Waals surface area contributed by atoms with Crippen LogP contribution in [-0.4, -0.2) is 19.8 Å². The largest absolute Gasteiger partial charge is 0.490 e. The molecule has 2 aliphatic rings. The minimum atomic E-state index is -2.92. The fourth-order valence-electron chi connectivity index (χ4n) is 3.20. The molecule has 3 rings (SSSR count). The molecule has 0 radical (unpaired) electrons. The summed E-state index contributed by atoms with van der Waals surface area (Å²) in [7, 11) is 0. The Bertz CT molecular complexity index is 530. The van der Waals surface area contributed by atoms with Crippen LogP contribution in [0.2, 0.25) is 0 Å². The van der Waals surface area contributed by atoms with Crippen LogP contribution in [0.1, 0.15) is 43.7 Å². The normalized spacial score (nSPS) is 20.6. The Morgan fingerprint density at radius 2 is 1.76 bits per heavy atom. The number of benzene rings is 1. The quantitative estimate of drug-likeness (QED) is 0.930. The van der Waals surface area contributed by atoms with Gasteiger partial charge in [0.25, 0.3) is 5.92 Å². The Labute approximate surface area is 123 Å². The Morgan fingerprint density at radius 3 is 2.24 bits per heavy atom. The minimum absolute atomic E-state index is 0.0249. The second kappa shape index (κ2) is 5.13. The van der Waals surface area contributed by atoms with E-state index in [0.717, 1.165) is 32.6 Å². The van der Waals surface area contributed by atoms with E-state index in [1.54, 1.807) is 6.07 Å². The van der Waals surface area contributed by atoms with Crippen molar-refractivity contribution in [2.45, 2.75) is 43.9 Å². The van der Waals surface area contributed by atoms with Gasteiger partial charge >= 0.3 is 0 Å². The Balaban J connectivity index is 2.14. The molecule has 0 atom stereocenters. The molecule has 1 aliphatic carbocycles. The summed E-state index contributed by atoms with van der Waals surface area (Å²) in [5, 5.41) is 0. The molecule has 0 bridgehead atoms. The zero-order chi connectivity index (χ0) is 15.1. The number of ether oxygens (including phenoxy) is 2. The zero-order valence-electron chi connectivity index (χ0n) is 12.3. The predicted molar refractivity (Wildman–Crippen MR) is 76.2 cm³/mol. The monoisotopic (exact) mass is 297 g/mol. The number of rotatable bonds is 3. The van der Waals surface area contributed by atoms with Crippen molar-refractivity contribution in [2.24, 2.45) is 5.73 Å². The average Bonchev–Trinajstić information content (AvgIpc) is 2.60. The van der Waals surface area contributed by atoms with Gasteiger partial charge in [0.15, 0.2) is 11.5 Å². The predicted octanol–water partition coefficient (Wildman–Crippen LogP) is 3.34. The highest BCUT2D eigenvalue weighted by Crippen LogP contribution is 2.50. The second-order valence-electron chi connectivity index (χ2n) is 6.12. The maximum atomic E-state index is 14.1. The summed E-state index contributed by atoms with van der Waals surface area (Å²) < 4.78 is 39.4. The van der Waals surface area contributed by atoms with Crippen LogP contribution in [0.25, 0.3) is 0 Å². The van der Waals surface area contributed by atoms with Gasteiger partial charge in [-0.05, 0) is 30.5 Å². The summed E-state index contributed by atoms with van der Waals surface area (Å²) in [5.41, 5.74) is 6.23. The van der Waals surface area contributed by atoms with Gasteiger partial charge in [0.1, 0.15) is 0 Å². The summed E-state index contributed by atoms with van der Waals surface area (Å²) >= 11 is 0. The van der Waals surface area contributed by atoms with Crippen molar-refractivity contribution in [3.63, 3.8) is 0 Å². The van der Waals surface area contributed by atoms with Gasteiger partial charge < -0.3 is 15.2 Å². The highest BCUT2D eigenvalue weighted by atomic mass is 19.3. The number of hydrogen-bond acceptors (Lipinski definition) is 3. The highest BCUT2D eigenvalue weighted by Gasteiger charge is 2.43. The molecule has 116 valence electrons. The van der Waals surface area contributed by atoms with E-state index < -0.39 is 5.92 Å². The molecule has 1 heterocycles. The first-order valence-electron chi connectivity index (χ1n) is 7.49. The second-order valence-corrected chi connectivity index (χ2v) is 6.12. The molecule has 21 heavy (non-hydrogen) atoms. The van der Waals surface area contributed by atoms with Gasteiger partial charge in [-0.3, -0.25) is 0 Å². The fourth-order valence-corrected chi connectivity index (χ4v) is 3.20. The van der Waals surface area contributed by atoms with E-state index in [1.807, 2.05) is 0 Å². The number of fused-ring (bicyclic) bond motifs is 1. The van der Waals surface area contributed by atoms with Gasteiger partial charge in [0, 0.05) is 30.9 Å². The molecule has 5 heteroatoms. The van der Waals surface area contributed by atoms with Crippen LogP contribution < -0.4 is 15.2 Å². The first kappa shape index (κ1) is 14.6. The number of nitrogens with two attached hydrogens (primary N) is 1. The van der Waals surface area contributed by atoms with Gasteiger partial charge in [-0.15, -0.1) is 0 Å². The van der Waals surface area contributed by atoms with Crippen molar-refractivity contribution in [1.82, 2.24) is 0 Å². The average molecular weight is 297 g/mol. The molecular weight excluding hydrogens is 276 g/mol. The van der Waals surface area contributed by atoms with Crippen molar-refractivity contribution >= 4 is 0 Å². The summed E-state index contributed by atoms with van der Waals surface area (Å²) in [6, 6.07) is 3.19. The van der Waals surface area contributed by atoms with E-state index in [1.165, 1.54) is 6.07 Å². The van der Waals surface area contributed by atoms with Gasteiger partial charge in [-0.1, -0.05) is 6.42 Å². The Hall–Kier alpha value is -1.36. The van der Waals surface area contributed by atoms with Crippen molar-refractivity contribution < 1.29 is 18.3 Å². The van der Waals surface area contributed by atoms with Crippen molar-refractivity contribution in [2.75, 3.05) is 19.8 Å². The van der Waals surface area contributed by atoms with E-state index in [2.05, 4.69) is 0 Å². The van der Waals surface area contributed by atoms with Crippen molar-refractivity contribution in [3.8, 4) is 11.5 Å². The van der Waals surface area contributed by atoms with Crippen LogP contribution >= 0.6 is 0 Å². The lowest BCUT2D eigenvalue weighted by molar-refractivity contribution is 0.0139. The summed E-state index contributed by atoms with van der Waals surface area (Å²) in [6.07, 6.45) is 3.49. The molecule has 0 unspecified atom stereocenters. The molecule has 0 saturated heterocycles.